The van der Waals surface area contributed by atoms with Gasteiger partial charge in [0, 0.05) is 0 Å². The van der Waals surface area contributed by atoms with E-state index in [0.717, 1.165) is 16.3 Å². The first kappa shape index (κ1) is 13.2. The highest BCUT2D eigenvalue weighted by molar-refractivity contribution is 7.12. The second-order valence-corrected chi connectivity index (χ2v) is 4.82. The van der Waals surface area contributed by atoms with E-state index in [1.807, 2.05) is 13.8 Å². The van der Waals surface area contributed by atoms with Crippen molar-refractivity contribution in [1.82, 2.24) is 4.98 Å². The SMILES string of the molecule is C/C(=N\Nc1cccc(C(=O)O)c1)c1scnc1C. The topological polar surface area (TPSA) is 74.6 Å². The Morgan fingerprint density at radius 1 is 1.47 bits per heavy atom. The first-order valence-corrected chi connectivity index (χ1v) is 6.50. The maximum absolute atomic E-state index is 10.9. The molecule has 2 N–H and O–H groups in total. The second-order valence-electron chi connectivity index (χ2n) is 3.96. The van der Waals surface area contributed by atoms with E-state index in [0.29, 0.717) is 5.69 Å². The largest absolute Gasteiger partial charge is 0.478 e. The van der Waals surface area contributed by atoms with Crippen molar-refractivity contribution in [3.8, 4) is 0 Å². The van der Waals surface area contributed by atoms with E-state index in [2.05, 4.69) is 15.5 Å². The average Bonchev–Trinajstić information content (AvgIpc) is 2.82. The number of aromatic nitrogens is 1. The molecule has 98 valence electrons. The number of anilines is 1. The van der Waals surface area contributed by atoms with E-state index in [-0.39, 0.29) is 5.56 Å². The molecule has 0 aliphatic heterocycles. The maximum atomic E-state index is 10.9. The minimum absolute atomic E-state index is 0.229. The zero-order chi connectivity index (χ0) is 13.8. The van der Waals surface area contributed by atoms with Gasteiger partial charge >= 0.3 is 5.97 Å². The van der Waals surface area contributed by atoms with E-state index >= 15 is 0 Å². The Bertz CT molecular complexity index is 634. The molecule has 0 radical (unpaired) electrons. The van der Waals surface area contributed by atoms with Gasteiger partial charge in [-0.15, -0.1) is 11.3 Å². The number of hydrogen-bond acceptors (Lipinski definition) is 5. The predicted molar refractivity (Wildman–Crippen MR) is 76.1 cm³/mol. The fourth-order valence-corrected chi connectivity index (χ4v) is 2.33. The van der Waals surface area contributed by atoms with E-state index in [4.69, 9.17) is 5.11 Å². The normalized spacial score (nSPS) is 11.4. The molecule has 5 nitrogen and oxygen atoms in total. The van der Waals surface area contributed by atoms with Gasteiger partial charge < -0.3 is 5.11 Å². The van der Waals surface area contributed by atoms with Crippen molar-refractivity contribution in [3.63, 3.8) is 0 Å². The van der Waals surface area contributed by atoms with Crippen molar-refractivity contribution < 1.29 is 9.90 Å². The minimum Gasteiger partial charge on any atom is -0.478 e. The van der Waals surface area contributed by atoms with Crippen molar-refractivity contribution in [1.29, 1.82) is 0 Å². The minimum atomic E-state index is -0.956. The number of carboxylic acid groups (broad SMARTS) is 1. The van der Waals surface area contributed by atoms with Gasteiger partial charge in [-0.25, -0.2) is 9.78 Å². The molecule has 0 spiro atoms. The molecule has 19 heavy (non-hydrogen) atoms. The molecule has 6 heteroatoms. The highest BCUT2D eigenvalue weighted by atomic mass is 32.1. The molecule has 0 unspecified atom stereocenters. The fraction of sp³-hybridized carbons (Fsp3) is 0.154. The number of hydrogen-bond donors (Lipinski definition) is 2. The summed E-state index contributed by atoms with van der Waals surface area (Å²) < 4.78 is 0. The van der Waals surface area contributed by atoms with Crippen LogP contribution in [0, 0.1) is 6.92 Å². The molecule has 0 aliphatic rings. The van der Waals surface area contributed by atoms with Crippen LogP contribution < -0.4 is 5.43 Å². The van der Waals surface area contributed by atoms with Crippen LogP contribution in [-0.2, 0) is 0 Å². The van der Waals surface area contributed by atoms with Gasteiger partial charge in [0.25, 0.3) is 0 Å². The number of benzene rings is 1. The number of nitrogens with one attached hydrogen (secondary N) is 1. The number of carboxylic acids is 1. The molecule has 1 aromatic heterocycles. The summed E-state index contributed by atoms with van der Waals surface area (Å²) in [6.07, 6.45) is 0. The summed E-state index contributed by atoms with van der Waals surface area (Å²) in [4.78, 5) is 16.0. The molecule has 0 fully saturated rings. The van der Waals surface area contributed by atoms with E-state index in [9.17, 15) is 4.79 Å². The van der Waals surface area contributed by atoms with Crippen LogP contribution in [0.3, 0.4) is 0 Å². The fourth-order valence-electron chi connectivity index (χ4n) is 1.57. The van der Waals surface area contributed by atoms with Crippen LogP contribution in [0.2, 0.25) is 0 Å². The van der Waals surface area contributed by atoms with Crippen LogP contribution in [-0.4, -0.2) is 21.8 Å². The summed E-state index contributed by atoms with van der Waals surface area (Å²) in [6, 6.07) is 6.52. The summed E-state index contributed by atoms with van der Waals surface area (Å²) in [5.41, 5.74) is 7.26. The first-order valence-electron chi connectivity index (χ1n) is 5.62. The Kier molecular flexibility index (Phi) is 3.91. The Hall–Kier alpha value is -2.21. The molecule has 1 aromatic carbocycles. The highest BCUT2D eigenvalue weighted by Gasteiger charge is 2.05. The number of hydrazone groups is 1. The summed E-state index contributed by atoms with van der Waals surface area (Å²) in [5.74, 6) is -0.956. The van der Waals surface area contributed by atoms with Crippen molar-refractivity contribution >= 4 is 28.7 Å². The van der Waals surface area contributed by atoms with E-state index in [1.165, 1.54) is 17.4 Å². The number of rotatable bonds is 4. The lowest BCUT2D eigenvalue weighted by molar-refractivity contribution is 0.0697. The third-order valence-electron chi connectivity index (χ3n) is 2.54. The number of thiazole rings is 1. The number of aromatic carboxylic acids is 1. The standard InChI is InChI=1S/C13H13N3O2S/c1-8-12(19-7-14-8)9(2)15-16-11-5-3-4-10(6-11)13(17)18/h3-7,16H,1-2H3,(H,17,18)/b15-9+. The predicted octanol–water partition coefficient (Wildman–Crippen LogP) is 2.99. The molecule has 0 amide bonds. The van der Waals surface area contributed by atoms with Crippen molar-refractivity contribution in [2.24, 2.45) is 5.10 Å². The molecule has 0 saturated heterocycles. The van der Waals surface area contributed by atoms with Gasteiger partial charge in [0.2, 0.25) is 0 Å². The number of carbonyl (C=O) groups is 1. The van der Waals surface area contributed by atoms with Gasteiger partial charge in [-0.1, -0.05) is 6.07 Å². The molecule has 2 rings (SSSR count). The second kappa shape index (κ2) is 5.62. The lowest BCUT2D eigenvalue weighted by Crippen LogP contribution is -2.01. The van der Waals surface area contributed by atoms with Crippen molar-refractivity contribution in [2.75, 3.05) is 5.43 Å². The third kappa shape index (κ3) is 3.17. The van der Waals surface area contributed by atoms with Gasteiger partial charge in [-0.2, -0.15) is 5.10 Å². The Labute approximate surface area is 114 Å². The van der Waals surface area contributed by atoms with Crippen LogP contribution in [0.4, 0.5) is 5.69 Å². The van der Waals surface area contributed by atoms with Crippen molar-refractivity contribution in [3.05, 3.63) is 45.9 Å². The van der Waals surface area contributed by atoms with Crippen LogP contribution >= 0.6 is 11.3 Å². The molecule has 2 aromatic rings. The summed E-state index contributed by atoms with van der Waals surface area (Å²) in [5, 5.41) is 13.1. The number of aryl methyl sites for hydroxylation is 1. The summed E-state index contributed by atoms with van der Waals surface area (Å²) in [7, 11) is 0. The first-order chi connectivity index (χ1) is 9.08. The lowest BCUT2D eigenvalue weighted by Gasteiger charge is -2.03. The van der Waals surface area contributed by atoms with Crippen molar-refractivity contribution in [2.45, 2.75) is 13.8 Å². The molecular weight excluding hydrogens is 262 g/mol. The highest BCUT2D eigenvalue weighted by Crippen LogP contribution is 2.15. The average molecular weight is 275 g/mol. The third-order valence-corrected chi connectivity index (χ3v) is 3.57. The molecule has 0 atom stereocenters. The van der Waals surface area contributed by atoms with Crippen LogP contribution in [0.5, 0.6) is 0 Å². The summed E-state index contributed by atoms with van der Waals surface area (Å²) >= 11 is 1.52. The smallest absolute Gasteiger partial charge is 0.335 e. The molecule has 0 bridgehead atoms. The van der Waals surface area contributed by atoms with Gasteiger partial charge in [0.15, 0.2) is 0 Å². The van der Waals surface area contributed by atoms with Crippen LogP contribution in [0.1, 0.15) is 27.9 Å². The zero-order valence-electron chi connectivity index (χ0n) is 10.5. The number of nitrogens with zero attached hydrogens (tertiary/aromatic N) is 2. The van der Waals surface area contributed by atoms with Gasteiger partial charge in [0.1, 0.15) is 0 Å². The molecule has 0 aliphatic carbocycles. The van der Waals surface area contributed by atoms with Crippen LogP contribution in [0.15, 0.2) is 34.9 Å². The summed E-state index contributed by atoms with van der Waals surface area (Å²) in [6.45, 7) is 3.81. The van der Waals surface area contributed by atoms with Crippen LogP contribution in [0.25, 0.3) is 0 Å². The lowest BCUT2D eigenvalue weighted by atomic mass is 10.2. The Morgan fingerprint density at radius 3 is 2.89 bits per heavy atom. The molecule has 1 heterocycles. The Morgan fingerprint density at radius 2 is 2.26 bits per heavy atom. The van der Waals surface area contributed by atoms with Gasteiger partial charge in [0.05, 0.1) is 33.0 Å². The van der Waals surface area contributed by atoms with Gasteiger partial charge in [-0.05, 0) is 32.0 Å². The van der Waals surface area contributed by atoms with Gasteiger partial charge in [-0.3, -0.25) is 5.43 Å². The van der Waals surface area contributed by atoms with E-state index in [1.54, 1.807) is 23.7 Å². The van der Waals surface area contributed by atoms with E-state index < -0.39 is 5.97 Å². The monoisotopic (exact) mass is 275 g/mol. The molecule has 0 saturated carbocycles. The Balaban J connectivity index is 2.16. The quantitative estimate of drug-likeness (QED) is 0.664. The maximum Gasteiger partial charge on any atom is 0.335 e. The zero-order valence-corrected chi connectivity index (χ0v) is 11.4. The molecular formula is C13H13N3O2S.